The smallest absolute Gasteiger partial charge is 0.411 e. The van der Waals surface area contributed by atoms with Crippen LogP contribution >= 0.6 is 0 Å². The van der Waals surface area contributed by atoms with Crippen LogP contribution in [0.1, 0.15) is 59.8 Å². The molecule has 0 aliphatic carbocycles. The number of carbonyl (C=O) groups is 2. The van der Waals surface area contributed by atoms with Crippen molar-refractivity contribution >= 4 is 12.0 Å². The lowest BCUT2D eigenvalue weighted by atomic mass is 10.1. The molecule has 0 unspecified atom stereocenters. The van der Waals surface area contributed by atoms with Gasteiger partial charge in [-0.05, 0) is 47.0 Å². The fraction of sp³-hybridized carbons (Fsp3) is 0.789. The number of ether oxygens (including phenoxy) is 1. The maximum Gasteiger partial charge on any atom is 0.411 e. The third-order valence-electron chi connectivity index (χ3n) is 4.17. The molecule has 2 amide bonds. The van der Waals surface area contributed by atoms with Gasteiger partial charge >= 0.3 is 6.09 Å². The van der Waals surface area contributed by atoms with E-state index < -0.39 is 23.8 Å². The number of unbranched alkanes of at least 4 members (excludes halogenated alkanes) is 3. The number of allylic oxidation sites excluding steroid dienone is 2. The molecule has 0 aromatic carbocycles. The SMILES string of the molecule is CC=CCCCCCN(C)C(=O)[C@@H]1C[C@@H](O)CN1C(=O)OC(C)(C)C. The summed E-state index contributed by atoms with van der Waals surface area (Å²) in [6.45, 7) is 8.17. The van der Waals surface area contributed by atoms with E-state index in [0.29, 0.717) is 6.54 Å². The van der Waals surface area contributed by atoms with E-state index in [2.05, 4.69) is 6.08 Å². The van der Waals surface area contributed by atoms with Gasteiger partial charge in [-0.1, -0.05) is 18.6 Å². The third-order valence-corrected chi connectivity index (χ3v) is 4.17. The lowest BCUT2D eigenvalue weighted by Crippen LogP contribution is -2.48. The van der Waals surface area contributed by atoms with Crippen LogP contribution < -0.4 is 0 Å². The number of aliphatic hydroxyl groups excluding tert-OH is 1. The number of nitrogens with zero attached hydrogens (tertiary/aromatic N) is 2. The number of likely N-dealkylation sites (N-methyl/N-ethyl adjacent to an activating group) is 1. The van der Waals surface area contributed by atoms with Gasteiger partial charge in [0, 0.05) is 20.0 Å². The van der Waals surface area contributed by atoms with Crippen LogP contribution in [-0.4, -0.2) is 64.8 Å². The zero-order valence-electron chi connectivity index (χ0n) is 16.3. The zero-order chi connectivity index (χ0) is 19.0. The van der Waals surface area contributed by atoms with Crippen LogP contribution in [0.5, 0.6) is 0 Å². The Kier molecular flexibility index (Phi) is 8.42. The second kappa shape index (κ2) is 9.80. The lowest BCUT2D eigenvalue weighted by molar-refractivity contribution is -0.134. The Morgan fingerprint density at radius 2 is 1.96 bits per heavy atom. The molecule has 0 bridgehead atoms. The summed E-state index contributed by atoms with van der Waals surface area (Å²) in [6.07, 6.45) is 7.40. The van der Waals surface area contributed by atoms with Crippen molar-refractivity contribution < 1.29 is 19.4 Å². The minimum absolute atomic E-state index is 0.129. The van der Waals surface area contributed by atoms with Gasteiger partial charge in [0.1, 0.15) is 11.6 Å². The van der Waals surface area contributed by atoms with Crippen molar-refractivity contribution in [2.24, 2.45) is 0 Å². The second-order valence-corrected chi connectivity index (χ2v) is 7.72. The molecule has 1 saturated heterocycles. The standard InChI is InChI=1S/C19H34N2O4/c1-6-7-8-9-10-11-12-20(5)17(23)16-13-15(22)14-21(16)18(24)25-19(2,3)4/h6-7,15-16,22H,8-14H2,1-5H3/t15-,16+/m1/s1. The van der Waals surface area contributed by atoms with E-state index in [9.17, 15) is 14.7 Å². The Balaban J connectivity index is 2.54. The normalized spacial score (nSPS) is 21.0. The minimum atomic E-state index is -0.685. The van der Waals surface area contributed by atoms with Gasteiger partial charge in [-0.25, -0.2) is 4.79 Å². The molecule has 0 saturated carbocycles. The molecule has 2 atom stereocenters. The highest BCUT2D eigenvalue weighted by molar-refractivity contribution is 5.86. The molecule has 1 aliphatic heterocycles. The van der Waals surface area contributed by atoms with Crippen LogP contribution in [0, 0.1) is 0 Å². The Morgan fingerprint density at radius 3 is 2.56 bits per heavy atom. The average Bonchev–Trinajstić information content (AvgIpc) is 2.90. The van der Waals surface area contributed by atoms with E-state index in [1.807, 2.05) is 13.0 Å². The number of aliphatic hydroxyl groups is 1. The number of carbonyl (C=O) groups excluding carboxylic acids is 2. The van der Waals surface area contributed by atoms with Crippen LogP contribution in [0.4, 0.5) is 4.79 Å². The van der Waals surface area contributed by atoms with E-state index in [-0.39, 0.29) is 18.9 Å². The van der Waals surface area contributed by atoms with Gasteiger partial charge in [-0.15, -0.1) is 0 Å². The molecule has 6 heteroatoms. The first kappa shape index (κ1) is 21.5. The van der Waals surface area contributed by atoms with Crippen LogP contribution in [0.15, 0.2) is 12.2 Å². The minimum Gasteiger partial charge on any atom is -0.444 e. The Bertz CT molecular complexity index is 471. The van der Waals surface area contributed by atoms with Crippen molar-refractivity contribution in [3.8, 4) is 0 Å². The van der Waals surface area contributed by atoms with Crippen molar-refractivity contribution in [2.45, 2.75) is 77.5 Å². The second-order valence-electron chi connectivity index (χ2n) is 7.72. The van der Waals surface area contributed by atoms with Crippen LogP contribution in [-0.2, 0) is 9.53 Å². The molecule has 1 rings (SSSR count). The summed E-state index contributed by atoms with van der Waals surface area (Å²) < 4.78 is 5.36. The van der Waals surface area contributed by atoms with Crippen LogP contribution in [0.3, 0.4) is 0 Å². The highest BCUT2D eigenvalue weighted by Gasteiger charge is 2.41. The van der Waals surface area contributed by atoms with Crippen LogP contribution in [0.25, 0.3) is 0 Å². The molecule has 25 heavy (non-hydrogen) atoms. The molecule has 1 aliphatic rings. The van der Waals surface area contributed by atoms with Gasteiger partial charge in [0.15, 0.2) is 0 Å². The van der Waals surface area contributed by atoms with E-state index in [4.69, 9.17) is 4.74 Å². The van der Waals surface area contributed by atoms with Gasteiger partial charge in [0.2, 0.25) is 5.91 Å². The number of likely N-dealkylation sites (tertiary alicyclic amines) is 1. The summed E-state index contributed by atoms with van der Waals surface area (Å²) in [5.41, 5.74) is -0.628. The van der Waals surface area contributed by atoms with E-state index >= 15 is 0 Å². The molecular formula is C19H34N2O4. The molecule has 6 nitrogen and oxygen atoms in total. The van der Waals surface area contributed by atoms with Gasteiger partial charge < -0.3 is 14.7 Å². The molecule has 0 aromatic rings. The molecule has 144 valence electrons. The fourth-order valence-corrected chi connectivity index (χ4v) is 2.89. The summed E-state index contributed by atoms with van der Waals surface area (Å²) in [5, 5.41) is 9.92. The molecule has 0 aromatic heterocycles. The van der Waals surface area contributed by atoms with Crippen molar-refractivity contribution in [1.29, 1.82) is 0 Å². The van der Waals surface area contributed by atoms with Gasteiger partial charge in [-0.2, -0.15) is 0 Å². The lowest BCUT2D eigenvalue weighted by Gasteiger charge is -2.30. The molecule has 0 spiro atoms. The highest BCUT2D eigenvalue weighted by atomic mass is 16.6. The third kappa shape index (κ3) is 7.46. The first-order valence-corrected chi connectivity index (χ1v) is 9.19. The number of β-amino-alcohol motifs (C(OH)–C–C–N with tert-alkyl or cyclic N) is 1. The maximum absolute atomic E-state index is 12.7. The number of hydrogen-bond donors (Lipinski definition) is 1. The quantitative estimate of drug-likeness (QED) is 0.564. The molecule has 0 radical (unpaired) electrons. The molecule has 1 fully saturated rings. The number of amides is 2. The largest absolute Gasteiger partial charge is 0.444 e. The predicted octanol–water partition coefficient (Wildman–Crippen LogP) is 2.95. The highest BCUT2D eigenvalue weighted by Crippen LogP contribution is 2.23. The summed E-state index contributed by atoms with van der Waals surface area (Å²) in [7, 11) is 1.76. The summed E-state index contributed by atoms with van der Waals surface area (Å²) in [5.74, 6) is -0.129. The topological polar surface area (TPSA) is 70.1 Å². The first-order chi connectivity index (χ1) is 11.7. The summed E-state index contributed by atoms with van der Waals surface area (Å²) in [4.78, 5) is 28.0. The van der Waals surface area contributed by atoms with Gasteiger partial charge in [0.25, 0.3) is 0 Å². The maximum atomic E-state index is 12.7. The van der Waals surface area contributed by atoms with Crippen molar-refractivity contribution in [3.05, 3.63) is 12.2 Å². The van der Waals surface area contributed by atoms with E-state index in [1.165, 1.54) is 4.90 Å². The van der Waals surface area contributed by atoms with Crippen LogP contribution in [0.2, 0.25) is 0 Å². The number of rotatable bonds is 7. The van der Waals surface area contributed by atoms with Crippen molar-refractivity contribution in [3.63, 3.8) is 0 Å². The Hall–Kier alpha value is -1.56. The van der Waals surface area contributed by atoms with Gasteiger partial charge in [0.05, 0.1) is 12.6 Å². The molecule has 1 heterocycles. The summed E-state index contributed by atoms with van der Waals surface area (Å²) >= 11 is 0. The Labute approximate surface area is 151 Å². The van der Waals surface area contributed by atoms with E-state index in [1.54, 1.807) is 32.7 Å². The zero-order valence-corrected chi connectivity index (χ0v) is 16.3. The van der Waals surface area contributed by atoms with Crippen molar-refractivity contribution in [2.75, 3.05) is 20.1 Å². The Morgan fingerprint density at radius 1 is 1.28 bits per heavy atom. The fourth-order valence-electron chi connectivity index (χ4n) is 2.89. The first-order valence-electron chi connectivity index (χ1n) is 9.19. The predicted molar refractivity (Wildman–Crippen MR) is 98.3 cm³/mol. The van der Waals surface area contributed by atoms with Crippen molar-refractivity contribution in [1.82, 2.24) is 9.80 Å². The van der Waals surface area contributed by atoms with E-state index in [0.717, 1.165) is 25.7 Å². The summed E-state index contributed by atoms with van der Waals surface area (Å²) in [6, 6.07) is -0.641. The van der Waals surface area contributed by atoms with Gasteiger partial charge in [-0.3, -0.25) is 9.69 Å². The molecule has 1 N–H and O–H groups in total. The average molecular weight is 354 g/mol. The molecular weight excluding hydrogens is 320 g/mol. The number of hydrogen-bond acceptors (Lipinski definition) is 4. The monoisotopic (exact) mass is 354 g/mol.